The Morgan fingerprint density at radius 2 is 2.23 bits per heavy atom. The van der Waals surface area contributed by atoms with Gasteiger partial charge in [-0.2, -0.15) is 0 Å². The summed E-state index contributed by atoms with van der Waals surface area (Å²) in [4.78, 5) is 5.39. The molecule has 0 fully saturated rings. The first-order valence-corrected chi connectivity index (χ1v) is 4.54. The third kappa shape index (κ3) is 1.32. The largest absolute Gasteiger partial charge is 0.384 e. The molecule has 1 radical (unpaired) electrons. The van der Waals surface area contributed by atoms with Gasteiger partial charge in [-0.1, -0.05) is 42.4 Å². The fraction of sp³-hybridized carbons (Fsp3) is 0.364. The van der Waals surface area contributed by atoms with Gasteiger partial charge in [-0.3, -0.25) is 0 Å². The van der Waals surface area contributed by atoms with Crippen molar-refractivity contribution < 1.29 is 4.84 Å². The predicted molar refractivity (Wildman–Crippen MR) is 51.5 cm³/mol. The van der Waals surface area contributed by atoms with E-state index < -0.39 is 0 Å². The highest BCUT2D eigenvalue weighted by Gasteiger charge is 2.35. The lowest BCUT2D eigenvalue weighted by Crippen LogP contribution is -2.23. The van der Waals surface area contributed by atoms with Crippen molar-refractivity contribution in [3.63, 3.8) is 0 Å². The van der Waals surface area contributed by atoms with Crippen LogP contribution >= 0.6 is 0 Å². The molecule has 0 N–H and O–H groups in total. The molecule has 0 saturated heterocycles. The van der Waals surface area contributed by atoms with E-state index in [9.17, 15) is 0 Å². The topological polar surface area (TPSA) is 21.6 Å². The van der Waals surface area contributed by atoms with Gasteiger partial charge in [0.05, 0.1) is 0 Å². The SMILES string of the molecule is CCC1(c2ccccc2)C[C]=NO1. The zero-order chi connectivity index (χ0) is 9.15. The van der Waals surface area contributed by atoms with E-state index in [2.05, 4.69) is 30.4 Å². The molecule has 0 spiro atoms. The average Bonchev–Trinajstić information content (AvgIpc) is 2.69. The highest BCUT2D eigenvalue weighted by Crippen LogP contribution is 2.35. The Hall–Kier alpha value is -1.31. The molecule has 1 heterocycles. The van der Waals surface area contributed by atoms with E-state index in [1.54, 1.807) is 0 Å². The third-order valence-electron chi connectivity index (χ3n) is 2.52. The number of hydrogen-bond acceptors (Lipinski definition) is 2. The molecule has 1 aromatic carbocycles. The van der Waals surface area contributed by atoms with Gasteiger partial charge in [-0.15, -0.1) is 0 Å². The standard InChI is InChI=1S/C11H12NO/c1-2-11(8-9-12-13-11)10-6-4-3-5-7-10/h3-7H,2,8H2,1H3. The molecule has 1 aromatic rings. The summed E-state index contributed by atoms with van der Waals surface area (Å²) in [6, 6.07) is 10.2. The van der Waals surface area contributed by atoms with E-state index in [0.717, 1.165) is 12.8 Å². The highest BCUT2D eigenvalue weighted by molar-refractivity contribution is 5.60. The molecule has 0 saturated carbocycles. The van der Waals surface area contributed by atoms with Crippen LogP contribution in [0.5, 0.6) is 0 Å². The lowest BCUT2D eigenvalue weighted by atomic mass is 9.89. The normalized spacial score (nSPS) is 25.9. The maximum Gasteiger partial charge on any atom is 0.168 e. The summed E-state index contributed by atoms with van der Waals surface area (Å²) in [5, 5.41) is 3.73. The fourth-order valence-electron chi connectivity index (χ4n) is 1.60. The lowest BCUT2D eigenvalue weighted by Gasteiger charge is -2.24. The van der Waals surface area contributed by atoms with Crippen LogP contribution in [0, 0.1) is 0 Å². The second kappa shape index (κ2) is 3.21. The zero-order valence-corrected chi connectivity index (χ0v) is 7.66. The molecule has 13 heavy (non-hydrogen) atoms. The Bertz CT molecular complexity index is 297. The second-order valence-corrected chi connectivity index (χ2v) is 3.23. The summed E-state index contributed by atoms with van der Waals surface area (Å²) in [5.41, 5.74) is 0.938. The molecule has 2 nitrogen and oxygen atoms in total. The smallest absolute Gasteiger partial charge is 0.168 e. The van der Waals surface area contributed by atoms with Gasteiger partial charge < -0.3 is 4.84 Å². The van der Waals surface area contributed by atoms with E-state index in [-0.39, 0.29) is 5.60 Å². The molecule has 1 unspecified atom stereocenters. The molecular weight excluding hydrogens is 162 g/mol. The molecule has 1 aliphatic rings. The van der Waals surface area contributed by atoms with Crippen molar-refractivity contribution in [2.45, 2.75) is 25.4 Å². The Kier molecular flexibility index (Phi) is 2.05. The Labute approximate surface area is 78.2 Å². The summed E-state index contributed by atoms with van der Waals surface area (Å²) in [6.45, 7) is 2.11. The van der Waals surface area contributed by atoms with Gasteiger partial charge in [0.2, 0.25) is 0 Å². The third-order valence-corrected chi connectivity index (χ3v) is 2.52. The van der Waals surface area contributed by atoms with Crippen LogP contribution in [-0.4, -0.2) is 6.21 Å². The van der Waals surface area contributed by atoms with Crippen LogP contribution in [0.4, 0.5) is 0 Å². The Morgan fingerprint density at radius 1 is 1.46 bits per heavy atom. The van der Waals surface area contributed by atoms with Crippen LogP contribution < -0.4 is 0 Å². The average molecular weight is 174 g/mol. The van der Waals surface area contributed by atoms with Gasteiger partial charge in [0.15, 0.2) is 5.60 Å². The second-order valence-electron chi connectivity index (χ2n) is 3.23. The van der Waals surface area contributed by atoms with Crippen LogP contribution in [0.2, 0.25) is 0 Å². The maximum atomic E-state index is 5.39. The van der Waals surface area contributed by atoms with E-state index >= 15 is 0 Å². The molecule has 67 valence electrons. The number of benzene rings is 1. The molecule has 1 atom stereocenters. The molecule has 0 aliphatic carbocycles. The van der Waals surface area contributed by atoms with Crippen molar-refractivity contribution in [1.82, 2.24) is 0 Å². The van der Waals surface area contributed by atoms with Gasteiger partial charge in [-0.05, 0) is 12.0 Å². The molecule has 1 aliphatic heterocycles. The minimum absolute atomic E-state index is 0.249. The van der Waals surface area contributed by atoms with Crippen molar-refractivity contribution in [2.75, 3.05) is 0 Å². The molecule has 2 heteroatoms. The molecule has 0 amide bonds. The van der Waals surface area contributed by atoms with Crippen LogP contribution in [0.15, 0.2) is 35.5 Å². The number of nitrogens with zero attached hydrogens (tertiary/aromatic N) is 1. The van der Waals surface area contributed by atoms with Crippen molar-refractivity contribution in [1.29, 1.82) is 0 Å². The first-order valence-electron chi connectivity index (χ1n) is 4.54. The first kappa shape index (κ1) is 8.30. The lowest BCUT2D eigenvalue weighted by molar-refractivity contribution is -0.0263. The van der Waals surface area contributed by atoms with Crippen molar-refractivity contribution >= 4 is 6.21 Å². The minimum Gasteiger partial charge on any atom is -0.384 e. The summed E-state index contributed by atoms with van der Waals surface area (Å²) in [7, 11) is 0. The highest BCUT2D eigenvalue weighted by atomic mass is 16.7. The summed E-state index contributed by atoms with van der Waals surface area (Å²) < 4.78 is 0. The molecule has 0 aromatic heterocycles. The van der Waals surface area contributed by atoms with Gasteiger partial charge in [0.1, 0.15) is 6.21 Å². The molecule has 0 bridgehead atoms. The number of hydrogen-bond donors (Lipinski definition) is 0. The summed E-state index contributed by atoms with van der Waals surface area (Å²) >= 11 is 0. The maximum absolute atomic E-state index is 5.39. The predicted octanol–water partition coefficient (Wildman–Crippen LogP) is 2.58. The number of rotatable bonds is 2. The zero-order valence-electron chi connectivity index (χ0n) is 7.66. The minimum atomic E-state index is -0.249. The quantitative estimate of drug-likeness (QED) is 0.675. The van der Waals surface area contributed by atoms with Crippen LogP contribution in [0.1, 0.15) is 25.3 Å². The van der Waals surface area contributed by atoms with Crippen molar-refractivity contribution in [3.8, 4) is 0 Å². The van der Waals surface area contributed by atoms with Gasteiger partial charge in [0, 0.05) is 6.42 Å². The van der Waals surface area contributed by atoms with Crippen LogP contribution in [0.3, 0.4) is 0 Å². The van der Waals surface area contributed by atoms with E-state index in [4.69, 9.17) is 4.84 Å². The Morgan fingerprint density at radius 3 is 2.77 bits per heavy atom. The fourth-order valence-corrected chi connectivity index (χ4v) is 1.60. The summed E-state index contributed by atoms with van der Waals surface area (Å²) in [6.07, 6.45) is 4.55. The monoisotopic (exact) mass is 174 g/mol. The Balaban J connectivity index is 2.32. The van der Waals surface area contributed by atoms with Crippen molar-refractivity contribution in [2.24, 2.45) is 5.16 Å². The van der Waals surface area contributed by atoms with Gasteiger partial charge >= 0.3 is 0 Å². The summed E-state index contributed by atoms with van der Waals surface area (Å²) in [5.74, 6) is 0. The molecule has 2 rings (SSSR count). The van der Waals surface area contributed by atoms with E-state index in [1.165, 1.54) is 5.56 Å². The van der Waals surface area contributed by atoms with Crippen LogP contribution in [0.25, 0.3) is 0 Å². The van der Waals surface area contributed by atoms with Crippen LogP contribution in [-0.2, 0) is 10.4 Å². The first-order chi connectivity index (χ1) is 6.37. The van der Waals surface area contributed by atoms with E-state index in [0.29, 0.717) is 0 Å². The van der Waals surface area contributed by atoms with E-state index in [1.807, 2.05) is 18.2 Å². The van der Waals surface area contributed by atoms with Gasteiger partial charge in [0.25, 0.3) is 0 Å². The van der Waals surface area contributed by atoms with Gasteiger partial charge in [-0.25, -0.2) is 0 Å². The molecular formula is C11H12NO. The van der Waals surface area contributed by atoms with Crippen molar-refractivity contribution in [3.05, 3.63) is 35.9 Å².